The molecule has 6 heteroatoms. The molecule has 2 aromatic rings. The van der Waals surface area contributed by atoms with Gasteiger partial charge in [0.25, 0.3) is 0 Å². The van der Waals surface area contributed by atoms with Crippen molar-refractivity contribution in [2.45, 2.75) is 44.9 Å². The largest absolute Gasteiger partial charge is 0.465 e. The average Bonchev–Trinajstić information content (AvgIpc) is 2.91. The molecular weight excluding hydrogens is 306 g/mol. The Kier molecular flexibility index (Phi) is 4.02. The van der Waals surface area contributed by atoms with Crippen molar-refractivity contribution in [3.05, 3.63) is 41.6 Å². The maximum absolute atomic E-state index is 6.07. The van der Waals surface area contributed by atoms with Gasteiger partial charge in [0.15, 0.2) is 0 Å². The molecule has 2 saturated heterocycles. The number of hydrogen-bond acceptors (Lipinski definition) is 6. The fraction of sp³-hybridized carbons (Fsp3) is 0.556. The van der Waals surface area contributed by atoms with E-state index in [1.807, 2.05) is 32.0 Å². The Morgan fingerprint density at radius 1 is 1.29 bits per heavy atom. The van der Waals surface area contributed by atoms with Crippen LogP contribution in [0, 0.1) is 13.8 Å². The molecule has 2 aromatic heterocycles. The zero-order valence-corrected chi connectivity index (χ0v) is 14.2. The fourth-order valence-corrected chi connectivity index (χ4v) is 3.61. The van der Waals surface area contributed by atoms with Crippen LogP contribution in [0.3, 0.4) is 0 Å². The van der Waals surface area contributed by atoms with Gasteiger partial charge in [-0.25, -0.2) is 9.97 Å². The second kappa shape index (κ2) is 6.18. The summed E-state index contributed by atoms with van der Waals surface area (Å²) in [7, 11) is 0. The van der Waals surface area contributed by atoms with Gasteiger partial charge in [0.2, 0.25) is 0 Å². The molecule has 2 aliphatic heterocycles. The van der Waals surface area contributed by atoms with Crippen LogP contribution in [0.25, 0.3) is 0 Å². The van der Waals surface area contributed by atoms with Gasteiger partial charge in [0.1, 0.15) is 17.6 Å². The monoisotopic (exact) mass is 329 g/mol. The molecule has 0 N–H and O–H groups in total. The van der Waals surface area contributed by atoms with Crippen LogP contribution in [0.4, 0.5) is 0 Å². The van der Waals surface area contributed by atoms with Gasteiger partial charge in [-0.15, -0.1) is 0 Å². The normalized spacial score (nSPS) is 23.2. The zero-order chi connectivity index (χ0) is 16.6. The van der Waals surface area contributed by atoms with Gasteiger partial charge in [0.05, 0.1) is 18.8 Å². The third-order valence-corrected chi connectivity index (χ3v) is 4.69. The quantitative estimate of drug-likeness (QED) is 0.859. The van der Waals surface area contributed by atoms with Gasteiger partial charge >= 0.3 is 6.01 Å². The van der Waals surface area contributed by atoms with Crippen LogP contribution >= 0.6 is 0 Å². The summed E-state index contributed by atoms with van der Waals surface area (Å²) in [6, 6.07) is 6.40. The third kappa shape index (κ3) is 3.30. The van der Waals surface area contributed by atoms with Crippen molar-refractivity contribution in [3.63, 3.8) is 0 Å². The van der Waals surface area contributed by atoms with Crippen LogP contribution in [-0.4, -0.2) is 46.3 Å². The van der Waals surface area contributed by atoms with Crippen molar-refractivity contribution in [1.82, 2.24) is 14.9 Å². The van der Waals surface area contributed by atoms with Crippen molar-refractivity contribution < 1.29 is 13.9 Å². The first-order valence-electron chi connectivity index (χ1n) is 8.48. The SMILES string of the molecule is Cc1ccnc(OC2CCOC3(C2)CN(Cc2ccc(C)o2)C3)n1. The minimum atomic E-state index is -0.0889. The molecule has 0 aromatic carbocycles. The Labute approximate surface area is 141 Å². The van der Waals surface area contributed by atoms with E-state index >= 15 is 0 Å². The van der Waals surface area contributed by atoms with E-state index in [2.05, 4.69) is 14.9 Å². The van der Waals surface area contributed by atoms with Crippen molar-refractivity contribution in [1.29, 1.82) is 0 Å². The lowest BCUT2D eigenvalue weighted by atomic mass is 9.84. The number of likely N-dealkylation sites (tertiary alicyclic amines) is 1. The van der Waals surface area contributed by atoms with Crippen molar-refractivity contribution in [2.24, 2.45) is 0 Å². The summed E-state index contributed by atoms with van der Waals surface area (Å²) in [6.07, 6.45) is 3.63. The van der Waals surface area contributed by atoms with Gasteiger partial charge in [-0.2, -0.15) is 0 Å². The lowest BCUT2D eigenvalue weighted by molar-refractivity contribution is -0.189. The molecule has 4 rings (SSSR count). The molecule has 0 aliphatic carbocycles. The molecule has 0 saturated carbocycles. The summed E-state index contributed by atoms with van der Waals surface area (Å²) in [5.41, 5.74) is 0.833. The topological polar surface area (TPSA) is 60.6 Å². The predicted octanol–water partition coefficient (Wildman–Crippen LogP) is 2.50. The Hall–Kier alpha value is -1.92. The van der Waals surface area contributed by atoms with Crippen molar-refractivity contribution in [2.75, 3.05) is 19.7 Å². The fourth-order valence-electron chi connectivity index (χ4n) is 3.61. The highest BCUT2D eigenvalue weighted by atomic mass is 16.5. The number of aromatic nitrogens is 2. The van der Waals surface area contributed by atoms with E-state index in [0.717, 1.165) is 56.3 Å². The van der Waals surface area contributed by atoms with Crippen LogP contribution < -0.4 is 4.74 Å². The molecule has 1 atom stereocenters. The Bertz CT molecular complexity index is 709. The van der Waals surface area contributed by atoms with Gasteiger partial charge in [0, 0.05) is 37.8 Å². The van der Waals surface area contributed by atoms with E-state index in [1.54, 1.807) is 6.20 Å². The molecule has 1 unspecified atom stereocenters. The Morgan fingerprint density at radius 2 is 2.17 bits per heavy atom. The summed E-state index contributed by atoms with van der Waals surface area (Å²) in [5.74, 6) is 1.97. The first kappa shape index (κ1) is 15.6. The molecule has 2 aliphatic rings. The summed E-state index contributed by atoms with van der Waals surface area (Å²) in [6.45, 7) is 7.32. The second-order valence-corrected chi connectivity index (χ2v) is 6.90. The summed E-state index contributed by atoms with van der Waals surface area (Å²) < 4.78 is 17.7. The molecule has 0 amide bonds. The number of furan rings is 1. The minimum absolute atomic E-state index is 0.0889. The summed E-state index contributed by atoms with van der Waals surface area (Å²) in [4.78, 5) is 10.9. The highest BCUT2D eigenvalue weighted by Gasteiger charge is 2.48. The second-order valence-electron chi connectivity index (χ2n) is 6.90. The maximum atomic E-state index is 6.07. The van der Waals surface area contributed by atoms with E-state index in [9.17, 15) is 0 Å². The van der Waals surface area contributed by atoms with E-state index < -0.39 is 0 Å². The van der Waals surface area contributed by atoms with Crippen molar-refractivity contribution >= 4 is 0 Å². The van der Waals surface area contributed by atoms with Gasteiger partial charge in [-0.1, -0.05) is 0 Å². The molecule has 0 bridgehead atoms. The lowest BCUT2D eigenvalue weighted by Gasteiger charge is -2.52. The first-order chi connectivity index (χ1) is 11.6. The molecule has 4 heterocycles. The van der Waals surface area contributed by atoms with Gasteiger partial charge in [-0.3, -0.25) is 4.90 Å². The van der Waals surface area contributed by atoms with E-state index in [0.29, 0.717) is 6.01 Å². The molecule has 24 heavy (non-hydrogen) atoms. The lowest BCUT2D eigenvalue weighted by Crippen LogP contribution is -2.65. The minimum Gasteiger partial charge on any atom is -0.465 e. The van der Waals surface area contributed by atoms with Crippen LogP contribution in [0.15, 0.2) is 28.8 Å². The molecule has 0 radical (unpaired) electrons. The van der Waals surface area contributed by atoms with E-state index in [4.69, 9.17) is 13.9 Å². The molecule has 2 fully saturated rings. The molecule has 128 valence electrons. The molecule has 6 nitrogen and oxygen atoms in total. The number of ether oxygens (including phenoxy) is 2. The van der Waals surface area contributed by atoms with Crippen LogP contribution in [0.2, 0.25) is 0 Å². The summed E-state index contributed by atoms with van der Waals surface area (Å²) in [5, 5.41) is 0. The predicted molar refractivity (Wildman–Crippen MR) is 87.8 cm³/mol. The average molecular weight is 329 g/mol. The highest BCUT2D eigenvalue weighted by molar-refractivity contribution is 5.09. The van der Waals surface area contributed by atoms with Gasteiger partial charge in [-0.05, 0) is 32.0 Å². The molecular formula is C18H23N3O3. The number of rotatable bonds is 4. The Balaban J connectivity index is 1.32. The van der Waals surface area contributed by atoms with Crippen LogP contribution in [0.1, 0.15) is 30.1 Å². The summed E-state index contributed by atoms with van der Waals surface area (Å²) >= 11 is 0. The number of nitrogens with zero attached hydrogens (tertiary/aromatic N) is 3. The van der Waals surface area contributed by atoms with Crippen LogP contribution in [-0.2, 0) is 11.3 Å². The number of aryl methyl sites for hydroxylation is 2. The smallest absolute Gasteiger partial charge is 0.316 e. The number of hydrogen-bond donors (Lipinski definition) is 0. The standard InChI is InChI=1S/C18H23N3O3/c1-13-5-7-19-17(20-13)24-15-6-8-22-18(9-15)11-21(12-18)10-16-4-3-14(2)23-16/h3-5,7,15H,6,8-12H2,1-2H3. The van der Waals surface area contributed by atoms with Crippen molar-refractivity contribution in [3.8, 4) is 6.01 Å². The van der Waals surface area contributed by atoms with E-state index in [1.165, 1.54) is 0 Å². The third-order valence-electron chi connectivity index (χ3n) is 4.69. The molecule has 1 spiro atoms. The van der Waals surface area contributed by atoms with Gasteiger partial charge < -0.3 is 13.9 Å². The van der Waals surface area contributed by atoms with Crippen LogP contribution in [0.5, 0.6) is 6.01 Å². The van der Waals surface area contributed by atoms with E-state index in [-0.39, 0.29) is 11.7 Å². The zero-order valence-electron chi connectivity index (χ0n) is 14.2. The highest BCUT2D eigenvalue weighted by Crippen LogP contribution is 2.36. The first-order valence-corrected chi connectivity index (χ1v) is 8.48. The Morgan fingerprint density at radius 3 is 2.92 bits per heavy atom. The maximum Gasteiger partial charge on any atom is 0.316 e.